The van der Waals surface area contributed by atoms with Crippen molar-refractivity contribution in [1.82, 2.24) is 0 Å². The first kappa shape index (κ1) is 25.2. The third-order valence-corrected chi connectivity index (χ3v) is 8.06. The van der Waals surface area contributed by atoms with Gasteiger partial charge in [0.2, 0.25) is 0 Å². The Morgan fingerprint density at radius 3 is 2.06 bits per heavy atom. The van der Waals surface area contributed by atoms with E-state index in [-0.39, 0.29) is 21.2 Å². The molecule has 0 aromatic heterocycles. The minimum Gasteiger partial charge on any atom is -0.506 e. The van der Waals surface area contributed by atoms with E-state index in [1.165, 1.54) is 33.5 Å². The lowest BCUT2D eigenvalue weighted by atomic mass is 10.1. The number of phenols is 1. The van der Waals surface area contributed by atoms with E-state index in [9.17, 15) is 17.7 Å². The Bertz CT molecular complexity index is 1540. The van der Waals surface area contributed by atoms with Gasteiger partial charge in [-0.3, -0.25) is 12.5 Å². The van der Waals surface area contributed by atoms with Gasteiger partial charge >= 0.3 is 0 Å². The van der Waals surface area contributed by atoms with Crippen LogP contribution in [0.5, 0.6) is 5.75 Å². The molecule has 3 unspecified atom stereocenters. The van der Waals surface area contributed by atoms with Crippen LogP contribution in [0, 0.1) is 0 Å². The lowest BCUT2D eigenvalue weighted by molar-refractivity contribution is 0.444. The monoisotopic (exact) mass is 532 g/mol. The van der Waals surface area contributed by atoms with E-state index in [0.717, 1.165) is 0 Å². The van der Waals surface area contributed by atoms with Gasteiger partial charge in [0.05, 0.1) is 41.7 Å². The molecule has 12 heteroatoms. The van der Waals surface area contributed by atoms with Gasteiger partial charge in [0.15, 0.2) is 33.2 Å². The number of azo groups is 1. The minimum absolute atomic E-state index is 0.0614. The van der Waals surface area contributed by atoms with Crippen molar-refractivity contribution in [2.75, 3.05) is 21.3 Å². The topological polar surface area (TPSA) is 124 Å². The predicted octanol–water partition coefficient (Wildman–Crippen LogP) is 5.12. The van der Waals surface area contributed by atoms with Crippen molar-refractivity contribution in [2.24, 2.45) is 10.2 Å². The Kier molecular flexibility index (Phi) is 7.79. The molecule has 0 spiro atoms. The first-order valence-corrected chi connectivity index (χ1v) is 13.2. The zero-order valence-electron chi connectivity index (χ0n) is 18.8. The number of phenolic OH excluding ortho intramolecular Hbond substituents is 1. The van der Waals surface area contributed by atoms with Gasteiger partial charge in [-0.25, -0.2) is 12.6 Å². The average Bonchev–Trinajstić information content (AvgIpc) is 2.90. The van der Waals surface area contributed by atoms with Gasteiger partial charge < -0.3 is 5.11 Å². The number of benzene rings is 4. The average molecular weight is 533 g/mol. The fourth-order valence-corrected chi connectivity index (χ4v) is 5.77. The molecule has 35 heavy (non-hydrogen) atoms. The van der Waals surface area contributed by atoms with E-state index >= 15 is 0 Å². The SMILES string of the molecule is COS(=O)c1cc(S(=O)OC)c2c(N=Nc3ccc(S(=O)OC)c4ccccc34)c(O)ccc2c1. The van der Waals surface area contributed by atoms with E-state index in [2.05, 4.69) is 10.2 Å². The third kappa shape index (κ3) is 4.94. The molecule has 0 saturated carbocycles. The van der Waals surface area contributed by atoms with Crippen molar-refractivity contribution in [1.29, 1.82) is 0 Å². The molecule has 3 atom stereocenters. The quantitative estimate of drug-likeness (QED) is 0.312. The van der Waals surface area contributed by atoms with Gasteiger partial charge in [0, 0.05) is 16.2 Å². The normalized spacial score (nSPS) is 14.5. The van der Waals surface area contributed by atoms with Crippen LogP contribution >= 0.6 is 0 Å². The Labute approximate surface area is 208 Å². The fourth-order valence-electron chi connectivity index (χ4n) is 3.57. The highest BCUT2D eigenvalue weighted by Gasteiger charge is 2.19. The molecular weight excluding hydrogens is 512 g/mol. The number of rotatable bonds is 8. The summed E-state index contributed by atoms with van der Waals surface area (Å²) in [5.41, 5.74) is 0.520. The highest BCUT2D eigenvalue weighted by Crippen LogP contribution is 2.41. The standard InChI is InChI=1S/C23H20N2O7S3/c1-30-33(27)15-12-14-8-10-19(26)23(22(14)21(13-15)35(29)32-3)25-24-18-9-11-20(34(28)31-2)17-7-5-4-6-16(17)18/h4-13,26H,1-3H3. The predicted molar refractivity (Wildman–Crippen MR) is 134 cm³/mol. The second kappa shape index (κ2) is 10.8. The molecule has 182 valence electrons. The molecule has 0 aliphatic carbocycles. The van der Waals surface area contributed by atoms with E-state index in [1.54, 1.807) is 36.4 Å². The Balaban J connectivity index is 1.93. The first-order valence-electron chi connectivity index (χ1n) is 10.0. The Hall–Kier alpha value is -2.87. The molecule has 0 saturated heterocycles. The summed E-state index contributed by atoms with van der Waals surface area (Å²) >= 11 is -5.37. The van der Waals surface area contributed by atoms with Crippen LogP contribution in [0.1, 0.15) is 0 Å². The van der Waals surface area contributed by atoms with Gasteiger partial charge in [0.25, 0.3) is 0 Å². The molecule has 0 fully saturated rings. The van der Waals surface area contributed by atoms with Crippen molar-refractivity contribution in [3.8, 4) is 5.75 Å². The second-order valence-corrected chi connectivity index (χ2v) is 10.7. The summed E-state index contributed by atoms with van der Waals surface area (Å²) in [6, 6.07) is 16.5. The number of aromatic hydroxyl groups is 1. The van der Waals surface area contributed by atoms with Crippen LogP contribution in [-0.2, 0) is 45.8 Å². The maximum Gasteiger partial charge on any atom is 0.189 e. The molecule has 1 N–H and O–H groups in total. The summed E-state index contributed by atoms with van der Waals surface area (Å²) in [6.07, 6.45) is 0. The van der Waals surface area contributed by atoms with Crippen molar-refractivity contribution in [3.05, 3.63) is 60.7 Å². The van der Waals surface area contributed by atoms with Gasteiger partial charge in [-0.15, -0.1) is 10.2 Å². The van der Waals surface area contributed by atoms with Crippen LogP contribution in [0.3, 0.4) is 0 Å². The summed E-state index contributed by atoms with van der Waals surface area (Å²) in [7, 11) is 3.92. The van der Waals surface area contributed by atoms with Crippen LogP contribution in [0.25, 0.3) is 21.5 Å². The zero-order chi connectivity index (χ0) is 25.1. The second-order valence-electron chi connectivity index (χ2n) is 6.99. The maximum atomic E-state index is 12.7. The number of nitrogens with zero attached hydrogens (tertiary/aromatic N) is 2. The van der Waals surface area contributed by atoms with Crippen LogP contribution in [-0.4, -0.2) is 39.1 Å². The molecule has 4 rings (SSSR count). The number of hydrogen-bond donors (Lipinski definition) is 1. The molecule has 0 amide bonds. The van der Waals surface area contributed by atoms with Crippen LogP contribution < -0.4 is 0 Å². The summed E-state index contributed by atoms with van der Waals surface area (Å²) < 4.78 is 52.1. The van der Waals surface area contributed by atoms with Crippen LogP contribution in [0.4, 0.5) is 11.4 Å². The Morgan fingerprint density at radius 2 is 1.37 bits per heavy atom. The molecule has 0 aliphatic rings. The van der Waals surface area contributed by atoms with Gasteiger partial charge in [-0.2, -0.15) is 0 Å². The van der Waals surface area contributed by atoms with Crippen LogP contribution in [0.15, 0.2) is 85.6 Å². The number of fused-ring (bicyclic) bond motifs is 2. The zero-order valence-corrected chi connectivity index (χ0v) is 21.2. The largest absolute Gasteiger partial charge is 0.506 e. The molecular formula is C23H20N2O7S3. The van der Waals surface area contributed by atoms with Gasteiger partial charge in [-0.1, -0.05) is 30.3 Å². The molecule has 4 aromatic carbocycles. The molecule has 4 aromatic rings. The number of hydrogen-bond acceptors (Lipinski definition) is 9. The fraction of sp³-hybridized carbons (Fsp3) is 0.130. The van der Waals surface area contributed by atoms with Crippen molar-refractivity contribution < 1.29 is 30.3 Å². The summed E-state index contributed by atoms with van der Waals surface area (Å²) in [6.45, 7) is 0. The molecule has 0 heterocycles. The lowest BCUT2D eigenvalue weighted by Gasteiger charge is -2.11. The van der Waals surface area contributed by atoms with Crippen molar-refractivity contribution >= 4 is 66.2 Å². The highest BCUT2D eigenvalue weighted by atomic mass is 32.2. The van der Waals surface area contributed by atoms with E-state index < -0.39 is 33.2 Å². The van der Waals surface area contributed by atoms with E-state index in [4.69, 9.17) is 12.5 Å². The van der Waals surface area contributed by atoms with Crippen molar-refractivity contribution in [3.63, 3.8) is 0 Å². The first-order chi connectivity index (χ1) is 16.9. The molecule has 0 radical (unpaired) electrons. The smallest absolute Gasteiger partial charge is 0.189 e. The van der Waals surface area contributed by atoms with E-state index in [0.29, 0.717) is 32.1 Å². The third-order valence-electron chi connectivity index (χ3n) is 5.13. The highest BCUT2D eigenvalue weighted by molar-refractivity contribution is 7.81. The van der Waals surface area contributed by atoms with Crippen molar-refractivity contribution in [2.45, 2.75) is 14.7 Å². The molecule has 0 aliphatic heterocycles. The molecule has 9 nitrogen and oxygen atoms in total. The van der Waals surface area contributed by atoms with E-state index in [1.807, 2.05) is 12.1 Å². The lowest BCUT2D eigenvalue weighted by Crippen LogP contribution is -2.00. The summed E-state index contributed by atoms with van der Waals surface area (Å²) in [5.74, 6) is -0.197. The van der Waals surface area contributed by atoms with Gasteiger partial charge in [-0.05, 0) is 35.7 Å². The maximum absolute atomic E-state index is 12.7. The van der Waals surface area contributed by atoms with Crippen LogP contribution in [0.2, 0.25) is 0 Å². The molecule has 0 bridgehead atoms. The minimum atomic E-state index is -1.94. The summed E-state index contributed by atoms with van der Waals surface area (Å²) in [4.78, 5) is 0.930. The van der Waals surface area contributed by atoms with Gasteiger partial charge in [0.1, 0.15) is 11.4 Å². The Morgan fingerprint density at radius 1 is 0.714 bits per heavy atom. The summed E-state index contributed by atoms with van der Waals surface area (Å²) in [5, 5.41) is 21.4.